The van der Waals surface area contributed by atoms with Crippen LogP contribution in [0.4, 0.5) is 0 Å². The SMILES string of the molecule is Cc1ncc(CO[C@]2(CO[C@]3(CO)O[C@H](CO)[C@@H](O)[C@@H]3O)O[C@H](CO)[C@@H](O)[C@@H]2O)c(CO)c1O. The van der Waals surface area contributed by atoms with E-state index in [9.17, 15) is 46.0 Å². The number of aliphatic hydroxyl groups excluding tert-OH is 8. The molecule has 0 aromatic carbocycles. The molecule has 1 aromatic heterocycles. The molecule has 34 heavy (non-hydrogen) atoms. The van der Waals surface area contributed by atoms with Gasteiger partial charge >= 0.3 is 0 Å². The Morgan fingerprint density at radius 2 is 1.47 bits per heavy atom. The van der Waals surface area contributed by atoms with E-state index in [2.05, 4.69) is 4.98 Å². The molecule has 3 heterocycles. The largest absolute Gasteiger partial charge is 0.506 e. The first kappa shape index (κ1) is 27.1. The molecular formula is C20H31NO13. The van der Waals surface area contributed by atoms with Crippen molar-refractivity contribution in [3.8, 4) is 5.75 Å². The van der Waals surface area contributed by atoms with Crippen molar-refractivity contribution in [1.82, 2.24) is 4.98 Å². The van der Waals surface area contributed by atoms with Crippen LogP contribution in [-0.4, -0.2) is 126 Å². The van der Waals surface area contributed by atoms with Crippen LogP contribution in [0.1, 0.15) is 16.8 Å². The van der Waals surface area contributed by atoms with Crippen LogP contribution < -0.4 is 0 Å². The molecule has 194 valence electrons. The molecule has 0 radical (unpaired) electrons. The van der Waals surface area contributed by atoms with Gasteiger partial charge in [0.25, 0.3) is 0 Å². The summed E-state index contributed by atoms with van der Waals surface area (Å²) in [7, 11) is 0. The first-order valence-corrected chi connectivity index (χ1v) is 10.5. The van der Waals surface area contributed by atoms with E-state index >= 15 is 0 Å². The highest BCUT2D eigenvalue weighted by atomic mass is 16.8. The molecule has 14 nitrogen and oxygen atoms in total. The van der Waals surface area contributed by atoms with Crippen molar-refractivity contribution in [2.45, 2.75) is 68.3 Å². The lowest BCUT2D eigenvalue weighted by Gasteiger charge is -2.37. The van der Waals surface area contributed by atoms with Crippen molar-refractivity contribution >= 4 is 0 Å². The summed E-state index contributed by atoms with van der Waals surface area (Å²) in [4.78, 5) is 3.99. The predicted molar refractivity (Wildman–Crippen MR) is 108 cm³/mol. The molecular weight excluding hydrogens is 462 g/mol. The van der Waals surface area contributed by atoms with Crippen molar-refractivity contribution in [3.05, 3.63) is 23.0 Å². The molecule has 2 aliphatic rings. The molecule has 2 saturated heterocycles. The molecule has 3 rings (SSSR count). The Hall–Kier alpha value is -1.53. The number of rotatable bonds is 10. The third-order valence-electron chi connectivity index (χ3n) is 6.17. The lowest BCUT2D eigenvalue weighted by Crippen LogP contribution is -2.55. The van der Waals surface area contributed by atoms with Crippen molar-refractivity contribution in [1.29, 1.82) is 0 Å². The number of pyridine rings is 1. The third-order valence-corrected chi connectivity index (χ3v) is 6.17. The maximum absolute atomic E-state index is 10.7. The van der Waals surface area contributed by atoms with Crippen molar-refractivity contribution < 1.29 is 64.9 Å². The van der Waals surface area contributed by atoms with Crippen LogP contribution in [0.2, 0.25) is 0 Å². The summed E-state index contributed by atoms with van der Waals surface area (Å²) in [6, 6.07) is 0. The van der Waals surface area contributed by atoms with E-state index in [-0.39, 0.29) is 22.6 Å². The van der Waals surface area contributed by atoms with E-state index in [1.807, 2.05) is 0 Å². The van der Waals surface area contributed by atoms with E-state index in [1.54, 1.807) is 0 Å². The van der Waals surface area contributed by atoms with E-state index in [0.717, 1.165) is 0 Å². The third kappa shape index (κ3) is 4.65. The molecule has 0 saturated carbocycles. The Kier molecular flexibility index (Phi) is 8.45. The minimum Gasteiger partial charge on any atom is -0.506 e. The lowest BCUT2D eigenvalue weighted by molar-refractivity contribution is -0.342. The smallest absolute Gasteiger partial charge is 0.222 e. The number of aliphatic hydroxyl groups is 8. The Morgan fingerprint density at radius 1 is 0.912 bits per heavy atom. The summed E-state index contributed by atoms with van der Waals surface area (Å²) in [5.74, 6) is -4.68. The van der Waals surface area contributed by atoms with Gasteiger partial charge in [-0.15, -0.1) is 0 Å². The number of hydrogen-bond donors (Lipinski definition) is 9. The average Bonchev–Trinajstić information content (AvgIpc) is 3.24. The van der Waals surface area contributed by atoms with Gasteiger partial charge in [-0.1, -0.05) is 0 Å². The van der Waals surface area contributed by atoms with Crippen molar-refractivity contribution in [2.75, 3.05) is 26.4 Å². The number of ether oxygens (including phenoxy) is 4. The predicted octanol–water partition coefficient (Wildman–Crippen LogP) is -4.27. The Bertz CT molecular complexity index is 843. The molecule has 1 aromatic rings. The fourth-order valence-electron chi connectivity index (χ4n) is 3.99. The van der Waals surface area contributed by atoms with Crippen LogP contribution in [0.3, 0.4) is 0 Å². The van der Waals surface area contributed by atoms with E-state index < -0.39 is 87.8 Å². The number of aromatic hydroxyl groups is 1. The van der Waals surface area contributed by atoms with Gasteiger partial charge in [0.1, 0.15) is 55.6 Å². The van der Waals surface area contributed by atoms with E-state index in [1.165, 1.54) is 13.1 Å². The van der Waals surface area contributed by atoms with Crippen LogP contribution in [0.5, 0.6) is 5.75 Å². The molecule has 14 heteroatoms. The summed E-state index contributed by atoms with van der Waals surface area (Å²) in [5, 5.41) is 89.8. The number of aromatic nitrogens is 1. The van der Waals surface area contributed by atoms with Gasteiger partial charge in [0.15, 0.2) is 0 Å². The highest BCUT2D eigenvalue weighted by molar-refractivity contribution is 5.40. The van der Waals surface area contributed by atoms with Crippen LogP contribution in [-0.2, 0) is 32.2 Å². The van der Waals surface area contributed by atoms with Crippen LogP contribution >= 0.6 is 0 Å². The summed E-state index contributed by atoms with van der Waals surface area (Å²) < 4.78 is 22.1. The fourth-order valence-corrected chi connectivity index (χ4v) is 3.99. The van der Waals surface area contributed by atoms with E-state index in [4.69, 9.17) is 18.9 Å². The monoisotopic (exact) mass is 493 g/mol. The van der Waals surface area contributed by atoms with Crippen LogP contribution in [0, 0.1) is 6.92 Å². The zero-order valence-electron chi connectivity index (χ0n) is 18.4. The van der Waals surface area contributed by atoms with Crippen LogP contribution in [0.25, 0.3) is 0 Å². The number of hydrogen-bond acceptors (Lipinski definition) is 14. The molecule has 0 spiro atoms. The Morgan fingerprint density at radius 3 is 1.97 bits per heavy atom. The van der Waals surface area contributed by atoms with E-state index in [0.29, 0.717) is 0 Å². The molecule has 0 amide bonds. The molecule has 0 unspecified atom stereocenters. The molecule has 2 aliphatic heterocycles. The zero-order valence-corrected chi connectivity index (χ0v) is 18.4. The van der Waals surface area contributed by atoms with Gasteiger partial charge in [0, 0.05) is 17.3 Å². The second-order valence-corrected chi connectivity index (χ2v) is 8.26. The van der Waals surface area contributed by atoms with Crippen LogP contribution in [0.15, 0.2) is 6.20 Å². The van der Waals surface area contributed by atoms with Gasteiger partial charge in [0.05, 0.1) is 32.1 Å². The van der Waals surface area contributed by atoms with Gasteiger partial charge in [-0.3, -0.25) is 4.98 Å². The second-order valence-electron chi connectivity index (χ2n) is 8.26. The van der Waals surface area contributed by atoms with Gasteiger partial charge in [-0.05, 0) is 6.92 Å². The fraction of sp³-hybridized carbons (Fsp3) is 0.750. The maximum atomic E-state index is 10.7. The first-order valence-electron chi connectivity index (χ1n) is 10.5. The van der Waals surface area contributed by atoms with Crippen molar-refractivity contribution in [3.63, 3.8) is 0 Å². The van der Waals surface area contributed by atoms with Gasteiger partial charge in [0.2, 0.25) is 11.6 Å². The standard InChI is InChI=1S/C20H31NO13/c1-9-14(26)11(3-22)10(2-21-9)6-31-20(18(30)16(28)13(5-24)34-20)8-32-19(7-25)17(29)15(27)12(4-23)33-19/h2,12-13,15-18,22-30H,3-8H2,1H3/t12-,13-,15-,16-,17+,18+,19-,20-/m1/s1. The highest BCUT2D eigenvalue weighted by Gasteiger charge is 2.60. The quantitative estimate of drug-likeness (QED) is 0.150. The zero-order chi connectivity index (χ0) is 25.3. The second kappa shape index (κ2) is 10.6. The summed E-state index contributed by atoms with van der Waals surface area (Å²) in [5.41, 5.74) is 0.575. The van der Waals surface area contributed by atoms with Crippen molar-refractivity contribution in [2.24, 2.45) is 0 Å². The summed E-state index contributed by atoms with van der Waals surface area (Å²) >= 11 is 0. The molecule has 9 N–H and O–H groups in total. The minimum absolute atomic E-state index is 0.102. The average molecular weight is 493 g/mol. The summed E-state index contributed by atoms with van der Waals surface area (Å²) in [6.07, 6.45) is -8.09. The topological polar surface area (TPSA) is 232 Å². The maximum Gasteiger partial charge on any atom is 0.222 e. The molecule has 8 atom stereocenters. The normalized spacial score (nSPS) is 38.0. The van der Waals surface area contributed by atoms with Gasteiger partial charge in [-0.25, -0.2) is 0 Å². The molecule has 0 aliphatic carbocycles. The highest BCUT2D eigenvalue weighted by Crippen LogP contribution is 2.38. The van der Waals surface area contributed by atoms with Gasteiger partial charge in [-0.2, -0.15) is 0 Å². The number of nitrogens with zero attached hydrogens (tertiary/aromatic N) is 1. The lowest BCUT2D eigenvalue weighted by atomic mass is 10.0. The summed E-state index contributed by atoms with van der Waals surface area (Å²) in [6.45, 7) is -2.60. The molecule has 0 bridgehead atoms. The molecule has 2 fully saturated rings. The first-order chi connectivity index (χ1) is 16.1. The minimum atomic E-state index is -2.23. The Balaban J connectivity index is 1.87. The number of aryl methyl sites for hydroxylation is 1. The Labute approximate surface area is 194 Å². The van der Waals surface area contributed by atoms with Gasteiger partial charge < -0.3 is 64.9 Å².